The molecule has 0 saturated carbocycles. The Morgan fingerprint density at radius 1 is 0.944 bits per heavy atom. The van der Waals surface area contributed by atoms with E-state index >= 15 is 0 Å². The fourth-order valence-corrected chi connectivity index (χ4v) is 6.27. The number of nitrogens with zero attached hydrogens (tertiary/aromatic N) is 1. The number of halogens is 2. The average Bonchev–Trinajstić information content (AvgIpc) is 3.21. The van der Waals surface area contributed by atoms with Gasteiger partial charge in [0.2, 0.25) is 0 Å². The van der Waals surface area contributed by atoms with Gasteiger partial charge in [-0.2, -0.15) is 0 Å². The number of piperidine rings is 1. The first-order valence-corrected chi connectivity index (χ1v) is 12.8. The van der Waals surface area contributed by atoms with E-state index in [4.69, 9.17) is 4.74 Å². The van der Waals surface area contributed by atoms with E-state index in [1.807, 2.05) is 29.2 Å². The van der Waals surface area contributed by atoms with Crippen molar-refractivity contribution in [3.63, 3.8) is 0 Å². The van der Waals surface area contributed by atoms with Crippen LogP contribution in [0.15, 0.2) is 72.3 Å². The summed E-state index contributed by atoms with van der Waals surface area (Å²) in [7, 11) is 0. The quantitative estimate of drug-likeness (QED) is 0.363. The summed E-state index contributed by atoms with van der Waals surface area (Å²) >= 11 is 0. The Kier molecular flexibility index (Phi) is 5.87. The Morgan fingerprint density at radius 3 is 2.33 bits per heavy atom. The van der Waals surface area contributed by atoms with Crippen molar-refractivity contribution in [2.24, 2.45) is 0 Å². The first kappa shape index (κ1) is 23.0. The normalized spacial score (nSPS) is 20.5. The number of benzene rings is 3. The fraction of sp³-hybridized carbons (Fsp3) is 0.323. The fourth-order valence-electron chi connectivity index (χ4n) is 6.27. The van der Waals surface area contributed by atoms with Gasteiger partial charge in [0.1, 0.15) is 6.61 Å². The Balaban J connectivity index is 1.19. The molecular formula is C31H29F2NO2. The van der Waals surface area contributed by atoms with Crippen LogP contribution in [0.25, 0.3) is 11.1 Å². The van der Waals surface area contributed by atoms with Crippen LogP contribution in [0.5, 0.6) is 0 Å². The molecule has 3 aromatic rings. The lowest BCUT2D eigenvalue weighted by Crippen LogP contribution is -2.52. The smallest absolute Gasteiger partial charge is 0.410 e. The molecule has 184 valence electrons. The van der Waals surface area contributed by atoms with Crippen LogP contribution in [-0.4, -0.2) is 29.7 Å². The summed E-state index contributed by atoms with van der Waals surface area (Å²) in [4.78, 5) is 15.2. The van der Waals surface area contributed by atoms with Gasteiger partial charge in [0, 0.05) is 12.0 Å². The van der Waals surface area contributed by atoms with Crippen LogP contribution in [0.3, 0.4) is 0 Å². The number of carbonyl (C=O) groups is 1. The molecule has 2 heterocycles. The van der Waals surface area contributed by atoms with Crippen molar-refractivity contribution >= 4 is 6.09 Å². The van der Waals surface area contributed by atoms with Crippen molar-refractivity contribution in [2.45, 2.75) is 57.0 Å². The second-order valence-electron chi connectivity index (χ2n) is 10.2. The van der Waals surface area contributed by atoms with E-state index in [2.05, 4.69) is 30.3 Å². The van der Waals surface area contributed by atoms with Crippen LogP contribution in [0.1, 0.15) is 53.9 Å². The Bertz CT molecular complexity index is 1320. The van der Waals surface area contributed by atoms with Gasteiger partial charge in [0.25, 0.3) is 0 Å². The standard InChI is InChI=1S/C31H29F2NO2/c1-19-13-14-21(30(33)29(19)32)15-20-16-22-7-6-8-23(17-20)34(22)31(35)36-18-28-26-11-4-2-9-24(26)25-10-3-5-12-27(25)28/h2-5,9-14,16,22-23,28H,6-8,15,17-18H2,1H3. The number of amides is 1. The summed E-state index contributed by atoms with van der Waals surface area (Å²) in [5, 5.41) is 0. The van der Waals surface area contributed by atoms with Crippen molar-refractivity contribution < 1.29 is 18.3 Å². The molecule has 0 aromatic heterocycles. The van der Waals surface area contributed by atoms with Crippen molar-refractivity contribution in [1.82, 2.24) is 4.90 Å². The molecule has 0 N–H and O–H groups in total. The Labute approximate surface area is 210 Å². The van der Waals surface area contributed by atoms with E-state index in [-0.39, 0.29) is 24.1 Å². The molecule has 2 aliphatic heterocycles. The van der Waals surface area contributed by atoms with Crippen LogP contribution < -0.4 is 0 Å². The predicted octanol–water partition coefficient (Wildman–Crippen LogP) is 7.32. The van der Waals surface area contributed by atoms with Crippen molar-refractivity contribution in [1.29, 1.82) is 0 Å². The van der Waals surface area contributed by atoms with Gasteiger partial charge in [-0.1, -0.05) is 72.3 Å². The summed E-state index contributed by atoms with van der Waals surface area (Å²) < 4.78 is 34.5. The lowest BCUT2D eigenvalue weighted by atomic mass is 9.83. The average molecular weight is 486 g/mol. The largest absolute Gasteiger partial charge is 0.448 e. The molecule has 3 aliphatic rings. The maximum Gasteiger partial charge on any atom is 0.410 e. The SMILES string of the molecule is Cc1ccc(CC2=CC3CCCC(C2)N3C(=O)OCC2c3ccccc3-c3ccccc32)c(F)c1F. The summed E-state index contributed by atoms with van der Waals surface area (Å²) in [5.74, 6) is -1.51. The van der Waals surface area contributed by atoms with E-state index < -0.39 is 11.6 Å². The zero-order valence-electron chi connectivity index (χ0n) is 20.3. The summed E-state index contributed by atoms with van der Waals surface area (Å²) in [6.07, 6.45) is 5.62. The molecule has 3 aromatic carbocycles. The number of carbonyl (C=O) groups excluding carboxylic acids is 1. The highest BCUT2D eigenvalue weighted by Gasteiger charge is 2.39. The molecule has 2 unspecified atom stereocenters. The third-order valence-corrected chi connectivity index (χ3v) is 8.03. The van der Waals surface area contributed by atoms with Crippen LogP contribution in [0.2, 0.25) is 0 Å². The second kappa shape index (κ2) is 9.20. The molecule has 3 nitrogen and oxygen atoms in total. The van der Waals surface area contributed by atoms with Crippen molar-refractivity contribution in [2.75, 3.05) is 6.61 Å². The van der Waals surface area contributed by atoms with Gasteiger partial charge in [0.05, 0.1) is 6.04 Å². The minimum absolute atomic E-state index is 0.0245. The molecule has 1 aliphatic carbocycles. The third kappa shape index (κ3) is 3.91. The van der Waals surface area contributed by atoms with Gasteiger partial charge < -0.3 is 4.74 Å². The monoisotopic (exact) mass is 485 g/mol. The van der Waals surface area contributed by atoms with E-state index in [1.54, 1.807) is 19.1 Å². The summed E-state index contributed by atoms with van der Waals surface area (Å²) in [5.41, 5.74) is 6.55. The molecule has 0 spiro atoms. The first-order chi connectivity index (χ1) is 17.5. The molecule has 1 fully saturated rings. The molecular weight excluding hydrogens is 456 g/mol. The van der Waals surface area contributed by atoms with Crippen LogP contribution in [0, 0.1) is 18.6 Å². The molecule has 36 heavy (non-hydrogen) atoms. The number of fused-ring (bicyclic) bond motifs is 5. The minimum atomic E-state index is -0.774. The topological polar surface area (TPSA) is 29.5 Å². The lowest BCUT2D eigenvalue weighted by molar-refractivity contribution is 0.0509. The summed E-state index contributed by atoms with van der Waals surface area (Å²) in [6.45, 7) is 1.87. The van der Waals surface area contributed by atoms with Crippen molar-refractivity contribution in [3.05, 3.63) is 106 Å². The molecule has 1 saturated heterocycles. The number of rotatable bonds is 4. The number of hydrogen-bond donors (Lipinski definition) is 0. The molecule has 5 heteroatoms. The molecule has 1 amide bonds. The predicted molar refractivity (Wildman–Crippen MR) is 136 cm³/mol. The zero-order chi connectivity index (χ0) is 24.8. The van der Waals surface area contributed by atoms with E-state index in [0.717, 1.165) is 24.8 Å². The second-order valence-corrected chi connectivity index (χ2v) is 10.2. The van der Waals surface area contributed by atoms with Gasteiger partial charge >= 0.3 is 6.09 Å². The summed E-state index contributed by atoms with van der Waals surface area (Å²) in [6, 6.07) is 19.9. The lowest BCUT2D eigenvalue weighted by Gasteiger charge is -2.44. The number of ether oxygens (including phenoxy) is 1. The van der Waals surface area contributed by atoms with Crippen LogP contribution in [-0.2, 0) is 11.2 Å². The van der Waals surface area contributed by atoms with Crippen LogP contribution >= 0.6 is 0 Å². The maximum absolute atomic E-state index is 14.5. The first-order valence-electron chi connectivity index (χ1n) is 12.8. The van der Waals surface area contributed by atoms with Gasteiger partial charge in [0.15, 0.2) is 11.6 Å². The van der Waals surface area contributed by atoms with Gasteiger partial charge in [-0.15, -0.1) is 0 Å². The minimum Gasteiger partial charge on any atom is -0.448 e. The highest BCUT2D eigenvalue weighted by Crippen LogP contribution is 2.45. The molecule has 6 rings (SSSR count). The molecule has 2 bridgehead atoms. The Hall–Kier alpha value is -3.47. The highest BCUT2D eigenvalue weighted by molar-refractivity contribution is 5.79. The third-order valence-electron chi connectivity index (χ3n) is 8.03. The maximum atomic E-state index is 14.5. The zero-order valence-corrected chi connectivity index (χ0v) is 20.3. The number of hydrogen-bond acceptors (Lipinski definition) is 2. The van der Waals surface area contributed by atoms with Gasteiger partial charge in [-0.05, 0) is 72.4 Å². The van der Waals surface area contributed by atoms with Crippen LogP contribution in [0.4, 0.5) is 13.6 Å². The van der Waals surface area contributed by atoms with E-state index in [1.165, 1.54) is 22.3 Å². The Morgan fingerprint density at radius 2 is 1.64 bits per heavy atom. The van der Waals surface area contributed by atoms with Crippen molar-refractivity contribution in [3.8, 4) is 11.1 Å². The highest BCUT2D eigenvalue weighted by atomic mass is 19.2. The van der Waals surface area contributed by atoms with E-state index in [9.17, 15) is 13.6 Å². The van der Waals surface area contributed by atoms with Gasteiger partial charge in [-0.25, -0.2) is 13.6 Å². The molecule has 2 atom stereocenters. The number of aryl methyl sites for hydroxylation is 1. The van der Waals surface area contributed by atoms with Gasteiger partial charge in [-0.3, -0.25) is 4.90 Å². The van der Waals surface area contributed by atoms with E-state index in [0.29, 0.717) is 30.6 Å². The molecule has 0 radical (unpaired) electrons.